The van der Waals surface area contributed by atoms with Gasteiger partial charge in [-0.3, -0.25) is 0 Å². The maximum atomic E-state index is 13.9. The van der Waals surface area contributed by atoms with Crippen LogP contribution in [0, 0.1) is 5.82 Å². The minimum atomic E-state index is -0.969. The summed E-state index contributed by atoms with van der Waals surface area (Å²) < 4.78 is 15.2. The fourth-order valence-electron chi connectivity index (χ4n) is 1.65. The van der Waals surface area contributed by atoms with E-state index in [1.807, 2.05) is 0 Å². The molecule has 2 rings (SSSR count). The molecular weight excluding hydrogens is 251 g/mol. The summed E-state index contributed by atoms with van der Waals surface area (Å²) in [5.74, 6) is -1.47. The van der Waals surface area contributed by atoms with Gasteiger partial charge >= 0.3 is 5.97 Å². The molecule has 0 aliphatic heterocycles. The number of hydrogen-bond acceptors (Lipinski definition) is 4. The maximum absolute atomic E-state index is 13.9. The Kier molecular flexibility index (Phi) is 3.74. The Labute approximate surface area is 108 Å². The number of nitrogens with one attached hydrogen (secondary N) is 1. The monoisotopic (exact) mass is 264 g/mol. The molecule has 1 heterocycles. The molecule has 2 N–H and O–H groups in total. The Balaban J connectivity index is 2.22. The third kappa shape index (κ3) is 2.87. The molecule has 6 nitrogen and oxygen atoms in total. The van der Waals surface area contributed by atoms with E-state index in [0.717, 1.165) is 0 Å². The van der Waals surface area contributed by atoms with E-state index in [0.29, 0.717) is 12.1 Å². The second kappa shape index (κ2) is 5.47. The van der Waals surface area contributed by atoms with Gasteiger partial charge in [-0.15, -0.1) is 0 Å². The molecule has 0 aliphatic carbocycles. The highest BCUT2D eigenvalue weighted by molar-refractivity contribution is 5.77. The van der Waals surface area contributed by atoms with Crippen molar-refractivity contribution in [3.05, 3.63) is 36.7 Å². The molecule has 100 valence electrons. The average Bonchev–Trinajstić information content (AvgIpc) is 2.89. The van der Waals surface area contributed by atoms with E-state index in [4.69, 9.17) is 5.11 Å². The Bertz CT molecular complexity index is 571. The average molecular weight is 264 g/mol. The van der Waals surface area contributed by atoms with Crippen molar-refractivity contribution in [2.24, 2.45) is 0 Å². The molecule has 1 unspecified atom stereocenters. The molecule has 19 heavy (non-hydrogen) atoms. The second-order valence-electron chi connectivity index (χ2n) is 3.95. The second-order valence-corrected chi connectivity index (χ2v) is 3.95. The minimum absolute atomic E-state index is 0.256. The summed E-state index contributed by atoms with van der Waals surface area (Å²) in [6, 6.07) is 3.62. The zero-order valence-corrected chi connectivity index (χ0v) is 10.2. The number of halogens is 1. The van der Waals surface area contributed by atoms with Gasteiger partial charge in [-0.25, -0.2) is 18.9 Å². The van der Waals surface area contributed by atoms with Crippen molar-refractivity contribution in [2.45, 2.75) is 19.4 Å². The van der Waals surface area contributed by atoms with Crippen molar-refractivity contribution in [1.82, 2.24) is 14.8 Å². The highest BCUT2D eigenvalue weighted by Crippen LogP contribution is 2.18. The van der Waals surface area contributed by atoms with Crippen LogP contribution < -0.4 is 5.32 Å². The van der Waals surface area contributed by atoms with Crippen LogP contribution in [0.15, 0.2) is 30.9 Å². The predicted molar refractivity (Wildman–Crippen MR) is 66.7 cm³/mol. The number of hydrogen-bond donors (Lipinski definition) is 2. The number of carbonyl (C=O) groups is 1. The van der Waals surface area contributed by atoms with Crippen LogP contribution >= 0.6 is 0 Å². The highest BCUT2D eigenvalue weighted by atomic mass is 19.1. The van der Waals surface area contributed by atoms with Crippen molar-refractivity contribution in [3.63, 3.8) is 0 Å². The first-order valence-corrected chi connectivity index (χ1v) is 5.75. The number of aromatic nitrogens is 3. The van der Waals surface area contributed by atoms with Gasteiger partial charge in [0.05, 0.1) is 0 Å². The van der Waals surface area contributed by atoms with Crippen LogP contribution in [0.5, 0.6) is 0 Å². The Hall–Kier alpha value is -2.44. The van der Waals surface area contributed by atoms with E-state index in [-0.39, 0.29) is 5.69 Å². The summed E-state index contributed by atoms with van der Waals surface area (Å²) in [4.78, 5) is 14.6. The number of rotatable bonds is 5. The standard InChI is InChI=1S/C12H13FN4O2/c1-2-10(12(18)19)16-8-3-4-11(9(13)5-8)17-7-14-6-15-17/h3-7,10,16H,2H2,1H3,(H,18,19). The van der Waals surface area contributed by atoms with Gasteiger partial charge in [0, 0.05) is 5.69 Å². The lowest BCUT2D eigenvalue weighted by molar-refractivity contribution is -0.137. The molecule has 1 atom stereocenters. The number of carboxylic acids is 1. The zero-order valence-electron chi connectivity index (χ0n) is 10.2. The molecule has 0 spiro atoms. The normalized spacial score (nSPS) is 12.1. The molecular formula is C12H13FN4O2. The first-order valence-electron chi connectivity index (χ1n) is 5.75. The van der Waals surface area contributed by atoms with Gasteiger partial charge < -0.3 is 10.4 Å². The van der Waals surface area contributed by atoms with Crippen molar-refractivity contribution in [1.29, 1.82) is 0 Å². The number of aliphatic carboxylic acids is 1. The topological polar surface area (TPSA) is 80.0 Å². The van der Waals surface area contributed by atoms with Gasteiger partial charge in [0.1, 0.15) is 24.4 Å². The molecule has 2 aromatic rings. The maximum Gasteiger partial charge on any atom is 0.326 e. The zero-order chi connectivity index (χ0) is 13.8. The fraction of sp³-hybridized carbons (Fsp3) is 0.250. The number of anilines is 1. The third-order valence-corrected chi connectivity index (χ3v) is 2.66. The highest BCUT2D eigenvalue weighted by Gasteiger charge is 2.15. The number of carboxylic acid groups (broad SMARTS) is 1. The quantitative estimate of drug-likeness (QED) is 0.858. The first kappa shape index (κ1) is 13.0. The molecule has 0 bridgehead atoms. The van der Waals surface area contributed by atoms with Crippen LogP contribution in [0.25, 0.3) is 5.69 Å². The SMILES string of the molecule is CCC(Nc1ccc(-n2cncn2)c(F)c1)C(=O)O. The lowest BCUT2D eigenvalue weighted by Crippen LogP contribution is -2.28. The third-order valence-electron chi connectivity index (χ3n) is 2.66. The van der Waals surface area contributed by atoms with Crippen LogP contribution in [-0.2, 0) is 4.79 Å². The summed E-state index contributed by atoms with van der Waals surface area (Å²) in [6.07, 6.45) is 3.10. The van der Waals surface area contributed by atoms with Crippen LogP contribution in [0.3, 0.4) is 0 Å². The minimum Gasteiger partial charge on any atom is -0.480 e. The largest absolute Gasteiger partial charge is 0.480 e. The van der Waals surface area contributed by atoms with E-state index in [9.17, 15) is 9.18 Å². The summed E-state index contributed by atoms with van der Waals surface area (Å²) in [5, 5.41) is 15.5. The number of nitrogens with zero attached hydrogens (tertiary/aromatic N) is 3. The molecule has 0 aliphatic rings. The molecule has 0 amide bonds. The smallest absolute Gasteiger partial charge is 0.326 e. The van der Waals surface area contributed by atoms with E-state index >= 15 is 0 Å². The summed E-state index contributed by atoms with van der Waals surface area (Å²) in [5.41, 5.74) is 0.669. The Morgan fingerprint density at radius 1 is 1.58 bits per heavy atom. The number of benzene rings is 1. The van der Waals surface area contributed by atoms with E-state index < -0.39 is 17.8 Å². The van der Waals surface area contributed by atoms with Crippen molar-refractivity contribution in [2.75, 3.05) is 5.32 Å². The van der Waals surface area contributed by atoms with Crippen molar-refractivity contribution < 1.29 is 14.3 Å². The summed E-state index contributed by atoms with van der Waals surface area (Å²) >= 11 is 0. The van der Waals surface area contributed by atoms with Gasteiger partial charge in [-0.05, 0) is 24.6 Å². The van der Waals surface area contributed by atoms with Gasteiger partial charge in [-0.1, -0.05) is 6.92 Å². The van der Waals surface area contributed by atoms with Crippen molar-refractivity contribution in [3.8, 4) is 5.69 Å². The van der Waals surface area contributed by atoms with Crippen molar-refractivity contribution >= 4 is 11.7 Å². The van der Waals surface area contributed by atoms with E-state index in [1.165, 1.54) is 29.5 Å². The molecule has 0 fully saturated rings. The van der Waals surface area contributed by atoms with Crippen LogP contribution in [0.4, 0.5) is 10.1 Å². The summed E-state index contributed by atoms with van der Waals surface area (Å²) in [6.45, 7) is 1.74. The van der Waals surface area contributed by atoms with Crippen LogP contribution in [0.2, 0.25) is 0 Å². The predicted octanol–water partition coefficient (Wildman–Crippen LogP) is 1.68. The van der Waals surface area contributed by atoms with Crippen LogP contribution in [0.1, 0.15) is 13.3 Å². The van der Waals surface area contributed by atoms with E-state index in [2.05, 4.69) is 15.4 Å². The summed E-state index contributed by atoms with van der Waals surface area (Å²) in [7, 11) is 0. The fourth-order valence-corrected chi connectivity index (χ4v) is 1.65. The lowest BCUT2D eigenvalue weighted by atomic mass is 10.2. The van der Waals surface area contributed by atoms with Gasteiger partial charge in [0.15, 0.2) is 5.82 Å². The molecule has 1 aromatic carbocycles. The van der Waals surface area contributed by atoms with E-state index in [1.54, 1.807) is 13.0 Å². The first-order chi connectivity index (χ1) is 9.11. The van der Waals surface area contributed by atoms with Crippen LogP contribution in [-0.4, -0.2) is 31.9 Å². The lowest BCUT2D eigenvalue weighted by Gasteiger charge is -2.14. The Morgan fingerprint density at radius 2 is 2.37 bits per heavy atom. The van der Waals surface area contributed by atoms with Gasteiger partial charge in [0.2, 0.25) is 0 Å². The molecule has 0 saturated carbocycles. The molecule has 7 heteroatoms. The molecule has 0 saturated heterocycles. The molecule has 1 aromatic heterocycles. The van der Waals surface area contributed by atoms with Gasteiger partial charge in [0.25, 0.3) is 0 Å². The Morgan fingerprint density at radius 3 is 2.89 bits per heavy atom. The molecule has 0 radical (unpaired) electrons. The van der Waals surface area contributed by atoms with Gasteiger partial charge in [-0.2, -0.15) is 5.10 Å².